The van der Waals surface area contributed by atoms with Crippen LogP contribution in [0, 0.1) is 0 Å². The first-order valence-corrected chi connectivity index (χ1v) is 12.3. The summed E-state index contributed by atoms with van der Waals surface area (Å²) in [7, 11) is 3.81. The van der Waals surface area contributed by atoms with Crippen molar-refractivity contribution in [2.75, 3.05) is 27.2 Å². The number of hydrogen-bond acceptors (Lipinski definition) is 6. The van der Waals surface area contributed by atoms with Gasteiger partial charge in [0.05, 0.1) is 17.7 Å². The van der Waals surface area contributed by atoms with Crippen molar-refractivity contribution in [2.24, 2.45) is 0 Å². The number of ketones is 1. The quantitative estimate of drug-likeness (QED) is 0.246. The van der Waals surface area contributed by atoms with Crippen LogP contribution in [0.25, 0.3) is 5.76 Å². The SMILES string of the molecule is CC(C)Oc1ccc(/C(O)=C2/C(=O)C(=O)N(CCN(C)C)C2c2cccc(Oc3ccccc3)c2)cc1. The van der Waals surface area contributed by atoms with Crippen LogP contribution in [0.15, 0.2) is 84.4 Å². The molecule has 7 heteroatoms. The van der Waals surface area contributed by atoms with Gasteiger partial charge < -0.3 is 24.4 Å². The molecule has 1 unspecified atom stereocenters. The van der Waals surface area contributed by atoms with E-state index in [1.54, 1.807) is 30.3 Å². The zero-order valence-corrected chi connectivity index (χ0v) is 21.5. The van der Waals surface area contributed by atoms with Crippen molar-refractivity contribution in [3.05, 3.63) is 95.6 Å². The van der Waals surface area contributed by atoms with Crippen LogP contribution in [0.5, 0.6) is 17.2 Å². The molecule has 0 bridgehead atoms. The number of hydrogen-bond donors (Lipinski definition) is 1. The van der Waals surface area contributed by atoms with Crippen LogP contribution in [0.1, 0.15) is 31.0 Å². The maximum Gasteiger partial charge on any atom is 0.295 e. The fourth-order valence-corrected chi connectivity index (χ4v) is 4.26. The second kappa shape index (κ2) is 11.3. The summed E-state index contributed by atoms with van der Waals surface area (Å²) < 4.78 is 11.7. The van der Waals surface area contributed by atoms with Gasteiger partial charge in [-0.3, -0.25) is 9.59 Å². The van der Waals surface area contributed by atoms with Crippen molar-refractivity contribution in [3.8, 4) is 17.2 Å². The molecular formula is C30H32N2O5. The summed E-state index contributed by atoms with van der Waals surface area (Å²) in [5.74, 6) is 0.323. The van der Waals surface area contributed by atoms with E-state index < -0.39 is 17.7 Å². The molecule has 0 radical (unpaired) electrons. The third-order valence-electron chi connectivity index (χ3n) is 5.98. The van der Waals surface area contributed by atoms with Gasteiger partial charge in [-0.15, -0.1) is 0 Å². The molecule has 192 valence electrons. The molecule has 1 aliphatic rings. The van der Waals surface area contributed by atoms with E-state index in [4.69, 9.17) is 9.47 Å². The number of carbonyl (C=O) groups excluding carboxylic acids is 2. The minimum Gasteiger partial charge on any atom is -0.507 e. The average Bonchev–Trinajstić information content (AvgIpc) is 3.13. The Hall–Kier alpha value is -4.10. The van der Waals surface area contributed by atoms with Crippen molar-refractivity contribution in [2.45, 2.75) is 26.0 Å². The number of rotatable bonds is 9. The maximum absolute atomic E-state index is 13.3. The zero-order valence-electron chi connectivity index (χ0n) is 21.5. The molecule has 1 aliphatic heterocycles. The summed E-state index contributed by atoms with van der Waals surface area (Å²) >= 11 is 0. The van der Waals surface area contributed by atoms with Gasteiger partial charge in [-0.1, -0.05) is 30.3 Å². The summed E-state index contributed by atoms with van der Waals surface area (Å²) in [5.41, 5.74) is 1.16. The smallest absolute Gasteiger partial charge is 0.295 e. The molecule has 1 heterocycles. The van der Waals surface area contributed by atoms with Gasteiger partial charge in [-0.2, -0.15) is 0 Å². The third kappa shape index (κ3) is 6.01. The molecule has 3 aromatic carbocycles. The minimum absolute atomic E-state index is 0.00634. The maximum atomic E-state index is 13.3. The topological polar surface area (TPSA) is 79.3 Å². The van der Waals surface area contributed by atoms with Gasteiger partial charge in [-0.05, 0) is 82.0 Å². The van der Waals surface area contributed by atoms with Crippen LogP contribution in [0.3, 0.4) is 0 Å². The molecule has 1 atom stereocenters. The van der Waals surface area contributed by atoms with Crippen LogP contribution in [0.2, 0.25) is 0 Å². The normalized spacial score (nSPS) is 17.0. The van der Waals surface area contributed by atoms with Crippen LogP contribution >= 0.6 is 0 Å². The molecular weight excluding hydrogens is 468 g/mol. The molecule has 37 heavy (non-hydrogen) atoms. The monoisotopic (exact) mass is 500 g/mol. The molecule has 1 amide bonds. The summed E-state index contributed by atoms with van der Waals surface area (Å²) in [6, 6.07) is 22.7. The van der Waals surface area contributed by atoms with Gasteiger partial charge in [0.1, 0.15) is 23.0 Å². The van der Waals surface area contributed by atoms with Gasteiger partial charge in [0.25, 0.3) is 11.7 Å². The predicted molar refractivity (Wildman–Crippen MR) is 143 cm³/mol. The lowest BCUT2D eigenvalue weighted by Gasteiger charge is -2.27. The van der Waals surface area contributed by atoms with Crippen molar-refractivity contribution in [1.82, 2.24) is 9.80 Å². The number of likely N-dealkylation sites (N-methyl/N-ethyl adjacent to an activating group) is 1. The molecule has 1 N–H and O–H groups in total. The number of amides is 1. The number of benzene rings is 3. The first-order chi connectivity index (χ1) is 17.7. The van der Waals surface area contributed by atoms with Crippen LogP contribution < -0.4 is 9.47 Å². The third-order valence-corrected chi connectivity index (χ3v) is 5.98. The standard InChI is InChI=1S/C30H32N2O5/c1-20(2)36-24-15-13-21(14-16-24)28(33)26-27(32(18-17-31(3)4)30(35)29(26)34)22-9-8-12-25(19-22)37-23-10-6-5-7-11-23/h5-16,19-20,27,33H,17-18H2,1-4H3/b28-26-. The van der Waals surface area contributed by atoms with E-state index >= 15 is 0 Å². The van der Waals surface area contributed by atoms with E-state index in [0.29, 0.717) is 41.5 Å². The molecule has 0 aliphatic carbocycles. The summed E-state index contributed by atoms with van der Waals surface area (Å²) in [6.07, 6.45) is 0.00634. The van der Waals surface area contributed by atoms with E-state index in [0.717, 1.165) is 0 Å². The van der Waals surface area contributed by atoms with Gasteiger partial charge in [0.2, 0.25) is 0 Å². The second-order valence-corrected chi connectivity index (χ2v) is 9.47. The van der Waals surface area contributed by atoms with Crippen molar-refractivity contribution in [3.63, 3.8) is 0 Å². The number of ether oxygens (including phenoxy) is 2. The van der Waals surface area contributed by atoms with E-state index in [1.165, 1.54) is 4.90 Å². The van der Waals surface area contributed by atoms with E-state index in [-0.39, 0.29) is 17.4 Å². The molecule has 1 fully saturated rings. The van der Waals surface area contributed by atoms with E-state index in [1.807, 2.05) is 81.4 Å². The fourth-order valence-electron chi connectivity index (χ4n) is 4.26. The summed E-state index contributed by atoms with van der Waals surface area (Å²) in [4.78, 5) is 29.9. The number of aliphatic hydroxyl groups excluding tert-OH is 1. The number of para-hydroxylation sites is 1. The molecule has 3 aromatic rings. The van der Waals surface area contributed by atoms with Gasteiger partial charge >= 0.3 is 0 Å². The van der Waals surface area contributed by atoms with Gasteiger partial charge in [0, 0.05) is 18.7 Å². The molecule has 4 rings (SSSR count). The largest absolute Gasteiger partial charge is 0.507 e. The highest BCUT2D eigenvalue weighted by Gasteiger charge is 2.46. The molecule has 1 saturated heterocycles. The molecule has 0 saturated carbocycles. The number of nitrogens with zero attached hydrogens (tertiary/aromatic N) is 2. The lowest BCUT2D eigenvalue weighted by atomic mass is 9.95. The highest BCUT2D eigenvalue weighted by molar-refractivity contribution is 6.46. The molecule has 0 spiro atoms. The summed E-state index contributed by atoms with van der Waals surface area (Å²) in [6.45, 7) is 4.74. The lowest BCUT2D eigenvalue weighted by molar-refractivity contribution is -0.140. The highest BCUT2D eigenvalue weighted by atomic mass is 16.5. The van der Waals surface area contributed by atoms with Gasteiger partial charge in [0.15, 0.2) is 0 Å². The van der Waals surface area contributed by atoms with Crippen LogP contribution in [-0.2, 0) is 9.59 Å². The molecule has 7 nitrogen and oxygen atoms in total. The number of aliphatic hydroxyl groups is 1. The highest BCUT2D eigenvalue weighted by Crippen LogP contribution is 2.40. The Bertz CT molecular complexity index is 1280. The second-order valence-electron chi connectivity index (χ2n) is 9.47. The first-order valence-electron chi connectivity index (χ1n) is 12.3. The van der Waals surface area contributed by atoms with E-state index in [9.17, 15) is 14.7 Å². The number of likely N-dealkylation sites (tertiary alicyclic amines) is 1. The number of Topliss-reactive ketones (excluding diaryl/α,β-unsaturated/α-hetero) is 1. The zero-order chi connectivity index (χ0) is 26.5. The first kappa shape index (κ1) is 26.0. The fraction of sp³-hybridized carbons (Fsp3) is 0.267. The Kier molecular flexibility index (Phi) is 7.94. The Labute approximate surface area is 217 Å². The Balaban J connectivity index is 1.76. The average molecular weight is 501 g/mol. The number of carbonyl (C=O) groups is 2. The molecule has 0 aromatic heterocycles. The Morgan fingerprint density at radius 2 is 1.59 bits per heavy atom. The van der Waals surface area contributed by atoms with Crippen molar-refractivity contribution < 1.29 is 24.2 Å². The Morgan fingerprint density at radius 1 is 0.919 bits per heavy atom. The predicted octanol–water partition coefficient (Wildman–Crippen LogP) is 5.25. The minimum atomic E-state index is -0.758. The van der Waals surface area contributed by atoms with Crippen LogP contribution in [-0.4, -0.2) is 59.9 Å². The van der Waals surface area contributed by atoms with E-state index in [2.05, 4.69) is 0 Å². The Morgan fingerprint density at radius 3 is 2.24 bits per heavy atom. The summed E-state index contributed by atoms with van der Waals surface area (Å²) in [5, 5.41) is 11.3. The van der Waals surface area contributed by atoms with Crippen molar-refractivity contribution >= 4 is 17.4 Å². The lowest BCUT2D eigenvalue weighted by Crippen LogP contribution is -2.35. The van der Waals surface area contributed by atoms with Crippen LogP contribution in [0.4, 0.5) is 0 Å². The van der Waals surface area contributed by atoms with Crippen molar-refractivity contribution in [1.29, 1.82) is 0 Å². The van der Waals surface area contributed by atoms with Gasteiger partial charge in [-0.25, -0.2) is 0 Å².